The highest BCUT2D eigenvalue weighted by Gasteiger charge is 2.47. The van der Waals surface area contributed by atoms with Crippen molar-refractivity contribution in [2.45, 2.75) is 71.4 Å². The Bertz CT molecular complexity index is 516. The quantitative estimate of drug-likeness (QED) is 0.471. The van der Waals surface area contributed by atoms with Crippen molar-refractivity contribution in [3.8, 4) is 0 Å². The minimum absolute atomic E-state index is 0.0107. The third-order valence-electron chi connectivity index (χ3n) is 3.91. The number of hydrogen-bond acceptors (Lipinski definition) is 8. The van der Waals surface area contributed by atoms with E-state index in [4.69, 9.17) is 24.1 Å². The van der Waals surface area contributed by atoms with Gasteiger partial charge < -0.3 is 24.1 Å². The van der Waals surface area contributed by atoms with E-state index >= 15 is 0 Å². The Hall–Kier alpha value is -2.16. The smallest absolute Gasteiger partial charge is 0.307 e. The maximum absolute atomic E-state index is 11.8. The molecule has 0 amide bonds. The molecule has 1 aliphatic rings. The lowest BCUT2D eigenvalue weighted by Crippen LogP contribution is -2.55. The molecule has 1 N–H and O–H groups in total. The molecule has 0 bridgehead atoms. The Morgan fingerprint density at radius 1 is 0.885 bits per heavy atom. The van der Waals surface area contributed by atoms with Gasteiger partial charge in [0.2, 0.25) is 12.4 Å². The molecule has 1 rings (SSSR count). The summed E-state index contributed by atoms with van der Waals surface area (Å²) >= 11 is 0. The molecule has 26 heavy (non-hydrogen) atoms. The number of carboxylic acids is 1. The van der Waals surface area contributed by atoms with Gasteiger partial charge in [0.1, 0.15) is 6.10 Å². The van der Waals surface area contributed by atoms with Gasteiger partial charge in [0.15, 0.2) is 0 Å². The van der Waals surface area contributed by atoms with Gasteiger partial charge in [-0.3, -0.25) is 19.2 Å². The average molecular weight is 374 g/mol. The fourth-order valence-electron chi connectivity index (χ4n) is 2.46. The number of carbonyl (C=O) groups excluding carboxylic acids is 3. The van der Waals surface area contributed by atoms with Gasteiger partial charge >= 0.3 is 23.9 Å². The van der Waals surface area contributed by atoms with Gasteiger partial charge in [0.05, 0.1) is 6.61 Å². The highest BCUT2D eigenvalue weighted by atomic mass is 16.7. The molecule has 0 saturated carbocycles. The van der Waals surface area contributed by atoms with Crippen molar-refractivity contribution in [3.63, 3.8) is 0 Å². The Kier molecular flexibility index (Phi) is 9.04. The Labute approximate surface area is 151 Å². The summed E-state index contributed by atoms with van der Waals surface area (Å²) in [5.41, 5.74) is 0. The zero-order valence-electron chi connectivity index (χ0n) is 15.3. The van der Waals surface area contributed by atoms with E-state index in [0.29, 0.717) is 0 Å². The van der Waals surface area contributed by atoms with Crippen molar-refractivity contribution in [3.05, 3.63) is 0 Å². The summed E-state index contributed by atoms with van der Waals surface area (Å²) in [6.07, 6.45) is -3.07. The van der Waals surface area contributed by atoms with Gasteiger partial charge in [-0.25, -0.2) is 0 Å². The first kappa shape index (κ1) is 21.9. The van der Waals surface area contributed by atoms with E-state index in [9.17, 15) is 19.2 Å². The van der Waals surface area contributed by atoms with E-state index in [1.165, 1.54) is 0 Å². The number of carboxylic acid groups (broad SMARTS) is 1. The van der Waals surface area contributed by atoms with Crippen LogP contribution in [0.1, 0.15) is 52.9 Å². The first-order chi connectivity index (χ1) is 12.3. The Morgan fingerprint density at radius 3 is 1.88 bits per heavy atom. The van der Waals surface area contributed by atoms with Crippen LogP contribution < -0.4 is 0 Å². The van der Waals surface area contributed by atoms with Gasteiger partial charge in [-0.05, 0) is 6.42 Å². The van der Waals surface area contributed by atoms with Crippen molar-refractivity contribution in [2.24, 2.45) is 5.92 Å². The molecule has 0 spiro atoms. The second-order valence-corrected chi connectivity index (χ2v) is 5.85. The second kappa shape index (κ2) is 10.7. The SMILES string of the molecule is CCC(=O)OC1OC[C@H](CCC(=O)O)[C@H](OC(=O)CC)[C@H]1OC(=O)CC. The molecular formula is C17H26O9. The Morgan fingerprint density at radius 2 is 1.38 bits per heavy atom. The molecule has 0 aromatic rings. The molecule has 4 atom stereocenters. The van der Waals surface area contributed by atoms with Crippen LogP contribution in [0, 0.1) is 5.92 Å². The lowest BCUT2D eigenvalue weighted by atomic mass is 9.90. The van der Waals surface area contributed by atoms with Crippen molar-refractivity contribution >= 4 is 23.9 Å². The number of hydrogen-bond donors (Lipinski definition) is 1. The number of aliphatic carboxylic acids is 1. The van der Waals surface area contributed by atoms with Crippen LogP contribution >= 0.6 is 0 Å². The first-order valence-electron chi connectivity index (χ1n) is 8.74. The topological polar surface area (TPSA) is 125 Å². The summed E-state index contributed by atoms with van der Waals surface area (Å²) in [6.45, 7) is 4.81. The number of ether oxygens (including phenoxy) is 4. The summed E-state index contributed by atoms with van der Waals surface area (Å²) in [5, 5.41) is 8.91. The molecule has 1 saturated heterocycles. The predicted molar refractivity (Wildman–Crippen MR) is 86.8 cm³/mol. The molecule has 0 radical (unpaired) electrons. The lowest BCUT2D eigenvalue weighted by molar-refractivity contribution is -0.264. The van der Waals surface area contributed by atoms with Crippen LogP contribution in [-0.4, -0.2) is 54.1 Å². The van der Waals surface area contributed by atoms with Crippen LogP contribution in [0.25, 0.3) is 0 Å². The van der Waals surface area contributed by atoms with Crippen molar-refractivity contribution in [1.82, 2.24) is 0 Å². The summed E-state index contributed by atoms with van der Waals surface area (Å²) in [5.74, 6) is -3.18. The fourth-order valence-corrected chi connectivity index (χ4v) is 2.46. The third-order valence-corrected chi connectivity index (χ3v) is 3.91. The van der Waals surface area contributed by atoms with E-state index in [0.717, 1.165) is 0 Å². The molecule has 1 fully saturated rings. The van der Waals surface area contributed by atoms with Crippen molar-refractivity contribution in [2.75, 3.05) is 6.61 Å². The molecule has 0 aromatic carbocycles. The van der Waals surface area contributed by atoms with E-state index in [1.54, 1.807) is 20.8 Å². The summed E-state index contributed by atoms with van der Waals surface area (Å²) < 4.78 is 21.4. The molecule has 1 unspecified atom stereocenters. The van der Waals surface area contributed by atoms with Gasteiger partial charge in [-0.1, -0.05) is 20.8 Å². The van der Waals surface area contributed by atoms with E-state index < -0.39 is 48.3 Å². The molecule has 0 aliphatic carbocycles. The van der Waals surface area contributed by atoms with Crippen molar-refractivity contribution < 1.29 is 43.2 Å². The van der Waals surface area contributed by atoms with Gasteiger partial charge in [0.25, 0.3) is 0 Å². The number of rotatable bonds is 9. The first-order valence-corrected chi connectivity index (χ1v) is 8.74. The highest BCUT2D eigenvalue weighted by molar-refractivity contribution is 5.71. The van der Waals surface area contributed by atoms with Crippen LogP contribution in [0.15, 0.2) is 0 Å². The standard InChI is InChI=1S/C17H26O9/c1-4-12(20)24-15-10(7-8-11(18)19)9-23-17(26-14(22)6-3)16(15)25-13(21)5-2/h10,15-17H,4-9H2,1-3H3,(H,18,19)/t10-,15-,16+,17?/m0/s1. The van der Waals surface area contributed by atoms with Gasteiger partial charge in [-0.15, -0.1) is 0 Å². The van der Waals surface area contributed by atoms with Crippen LogP contribution in [0.5, 0.6) is 0 Å². The van der Waals surface area contributed by atoms with Gasteiger partial charge in [-0.2, -0.15) is 0 Å². The minimum atomic E-state index is -1.21. The normalized spacial score (nSPS) is 25.2. The van der Waals surface area contributed by atoms with E-state index in [-0.39, 0.29) is 38.7 Å². The number of esters is 3. The average Bonchev–Trinajstić information content (AvgIpc) is 2.62. The molecule has 9 heteroatoms. The fraction of sp³-hybridized carbons (Fsp3) is 0.765. The summed E-state index contributed by atoms with van der Waals surface area (Å²) in [7, 11) is 0. The van der Waals surface area contributed by atoms with Crippen LogP contribution in [0.2, 0.25) is 0 Å². The van der Waals surface area contributed by atoms with E-state index in [1.807, 2.05) is 0 Å². The van der Waals surface area contributed by atoms with Gasteiger partial charge in [0, 0.05) is 31.6 Å². The van der Waals surface area contributed by atoms with Crippen LogP contribution in [0.3, 0.4) is 0 Å². The molecule has 1 heterocycles. The molecule has 0 aromatic heterocycles. The molecule has 148 valence electrons. The maximum atomic E-state index is 11.8. The molecule has 1 aliphatic heterocycles. The predicted octanol–water partition coefficient (Wildman–Crippen LogP) is 1.42. The molecular weight excluding hydrogens is 348 g/mol. The molecule has 9 nitrogen and oxygen atoms in total. The highest BCUT2D eigenvalue weighted by Crippen LogP contribution is 2.30. The largest absolute Gasteiger partial charge is 0.481 e. The number of carbonyl (C=O) groups is 4. The van der Waals surface area contributed by atoms with E-state index in [2.05, 4.69) is 0 Å². The maximum Gasteiger partial charge on any atom is 0.307 e. The summed E-state index contributed by atoms with van der Waals surface area (Å²) in [4.78, 5) is 46.1. The third kappa shape index (κ3) is 6.62. The summed E-state index contributed by atoms with van der Waals surface area (Å²) in [6, 6.07) is 0. The minimum Gasteiger partial charge on any atom is -0.481 e. The zero-order valence-corrected chi connectivity index (χ0v) is 15.3. The Balaban J connectivity index is 3.06. The van der Waals surface area contributed by atoms with Crippen LogP contribution in [0.4, 0.5) is 0 Å². The zero-order chi connectivity index (χ0) is 19.7. The van der Waals surface area contributed by atoms with Crippen molar-refractivity contribution in [1.29, 1.82) is 0 Å². The second-order valence-electron chi connectivity index (χ2n) is 5.85. The lowest BCUT2D eigenvalue weighted by Gasteiger charge is -2.40. The van der Waals surface area contributed by atoms with Crippen LogP contribution in [-0.2, 0) is 38.1 Å². The monoisotopic (exact) mass is 374 g/mol.